The largest absolute Gasteiger partial charge is 0.473 e. The van der Waals surface area contributed by atoms with E-state index in [1.807, 2.05) is 42.5 Å². The summed E-state index contributed by atoms with van der Waals surface area (Å²) in [4.78, 5) is 53.8. The first-order valence-electron chi connectivity index (χ1n) is 13.6. The van der Waals surface area contributed by atoms with E-state index in [0.29, 0.717) is 6.54 Å². The molecule has 1 heterocycles. The average Bonchev–Trinajstić information content (AvgIpc) is 3.00. The zero-order valence-corrected chi connectivity index (χ0v) is 23.9. The summed E-state index contributed by atoms with van der Waals surface area (Å²) in [7, 11) is 0. The lowest BCUT2D eigenvalue weighted by Gasteiger charge is -2.33. The summed E-state index contributed by atoms with van der Waals surface area (Å²) >= 11 is 0. The number of carbonyl (C=O) groups excluding carboxylic acids is 1. The van der Waals surface area contributed by atoms with Gasteiger partial charge in [0.05, 0.1) is 6.54 Å². The van der Waals surface area contributed by atoms with Gasteiger partial charge in [-0.15, -0.1) is 0 Å². The number of amides is 1. The van der Waals surface area contributed by atoms with Crippen molar-refractivity contribution in [1.82, 2.24) is 9.80 Å². The molecule has 0 saturated carbocycles. The van der Waals surface area contributed by atoms with E-state index in [-0.39, 0.29) is 5.91 Å². The number of para-hydroxylation sites is 1. The number of carboxylic acid groups (broad SMARTS) is 4. The summed E-state index contributed by atoms with van der Waals surface area (Å²) in [5.74, 6) is -7.24. The normalized spacial score (nSPS) is 13.0. The molecule has 0 aliphatic carbocycles. The average molecular weight is 606 g/mol. The number of aliphatic carboxylic acids is 4. The third kappa shape index (κ3) is 14.0. The fourth-order valence-electron chi connectivity index (χ4n) is 4.04. The van der Waals surface area contributed by atoms with Gasteiger partial charge in [0.1, 0.15) is 0 Å². The van der Waals surface area contributed by atoms with Crippen LogP contribution < -0.4 is 5.32 Å². The van der Waals surface area contributed by atoms with Crippen LogP contribution in [0.25, 0.3) is 6.08 Å². The molecule has 0 radical (unpaired) electrons. The van der Waals surface area contributed by atoms with Crippen molar-refractivity contribution in [2.45, 2.75) is 6.42 Å². The minimum absolute atomic E-state index is 0.0583. The molecule has 0 aromatic heterocycles. The molecule has 3 aromatic carbocycles. The Morgan fingerprint density at radius 1 is 0.636 bits per heavy atom. The van der Waals surface area contributed by atoms with Crippen LogP contribution in [0.2, 0.25) is 0 Å². The lowest BCUT2D eigenvalue weighted by molar-refractivity contribution is -0.159. The SMILES string of the molecule is O=C(CN1CCN(C/C=C/c2ccccc2)CC1)Nc1ccccc1Cc1ccccc1.O=C(O)C(=O)O.O=C(O)C(=O)O. The molecule has 1 fully saturated rings. The van der Waals surface area contributed by atoms with Gasteiger partial charge in [0.2, 0.25) is 5.91 Å². The van der Waals surface area contributed by atoms with Crippen molar-refractivity contribution in [3.63, 3.8) is 0 Å². The third-order valence-corrected chi connectivity index (χ3v) is 6.20. The highest BCUT2D eigenvalue weighted by Crippen LogP contribution is 2.19. The Bertz CT molecular complexity index is 1360. The van der Waals surface area contributed by atoms with Crippen molar-refractivity contribution in [1.29, 1.82) is 0 Å². The molecule has 0 bridgehead atoms. The maximum atomic E-state index is 12.7. The van der Waals surface area contributed by atoms with Crippen LogP contribution in [0.1, 0.15) is 16.7 Å². The van der Waals surface area contributed by atoms with E-state index < -0.39 is 23.9 Å². The number of hydrogen-bond acceptors (Lipinski definition) is 7. The van der Waals surface area contributed by atoms with Crippen molar-refractivity contribution in [3.8, 4) is 0 Å². The zero-order chi connectivity index (χ0) is 32.3. The smallest absolute Gasteiger partial charge is 0.414 e. The summed E-state index contributed by atoms with van der Waals surface area (Å²) in [5, 5.41) is 32.7. The van der Waals surface area contributed by atoms with E-state index in [4.69, 9.17) is 39.6 Å². The van der Waals surface area contributed by atoms with Gasteiger partial charge in [0.15, 0.2) is 0 Å². The molecular weight excluding hydrogens is 570 g/mol. The topological polar surface area (TPSA) is 185 Å². The van der Waals surface area contributed by atoms with Gasteiger partial charge in [-0.3, -0.25) is 14.6 Å². The van der Waals surface area contributed by atoms with E-state index >= 15 is 0 Å². The summed E-state index contributed by atoms with van der Waals surface area (Å²) in [6, 6.07) is 28.8. The lowest BCUT2D eigenvalue weighted by atomic mass is 10.0. The monoisotopic (exact) mass is 605 g/mol. The minimum atomic E-state index is -1.82. The van der Waals surface area contributed by atoms with Gasteiger partial charge in [-0.1, -0.05) is 91.0 Å². The van der Waals surface area contributed by atoms with Crippen LogP contribution in [-0.4, -0.2) is 99.3 Å². The number of nitrogens with one attached hydrogen (secondary N) is 1. The second-order valence-corrected chi connectivity index (χ2v) is 9.48. The summed E-state index contributed by atoms with van der Waals surface area (Å²) in [6.07, 6.45) is 5.21. The van der Waals surface area contributed by atoms with E-state index in [0.717, 1.165) is 50.4 Å². The van der Waals surface area contributed by atoms with Gasteiger partial charge in [-0.05, 0) is 29.2 Å². The van der Waals surface area contributed by atoms with Crippen molar-refractivity contribution >= 4 is 41.5 Å². The van der Waals surface area contributed by atoms with Crippen LogP contribution in [-0.2, 0) is 30.4 Å². The minimum Gasteiger partial charge on any atom is -0.473 e. The van der Waals surface area contributed by atoms with E-state index in [1.54, 1.807) is 0 Å². The summed E-state index contributed by atoms with van der Waals surface area (Å²) in [5.41, 5.74) is 4.52. The van der Waals surface area contributed by atoms with Gasteiger partial charge in [-0.2, -0.15) is 0 Å². The van der Waals surface area contributed by atoms with Crippen LogP contribution >= 0.6 is 0 Å². The number of benzene rings is 3. The molecule has 3 aromatic rings. The maximum Gasteiger partial charge on any atom is 0.414 e. The molecule has 0 spiro atoms. The highest BCUT2D eigenvalue weighted by Gasteiger charge is 2.18. The second kappa shape index (κ2) is 19.0. The fourth-order valence-corrected chi connectivity index (χ4v) is 4.04. The van der Waals surface area contributed by atoms with Crippen molar-refractivity contribution in [3.05, 3.63) is 108 Å². The molecule has 0 unspecified atom stereocenters. The van der Waals surface area contributed by atoms with Crippen LogP contribution in [0.5, 0.6) is 0 Å². The fraction of sp³-hybridized carbons (Fsp3) is 0.219. The molecular formula is C32H35N3O9. The number of carbonyl (C=O) groups is 5. The molecule has 1 aliphatic heterocycles. The van der Waals surface area contributed by atoms with E-state index in [9.17, 15) is 4.79 Å². The summed E-state index contributed by atoms with van der Waals surface area (Å²) < 4.78 is 0. The highest BCUT2D eigenvalue weighted by atomic mass is 16.4. The Morgan fingerprint density at radius 2 is 1.11 bits per heavy atom. The zero-order valence-electron chi connectivity index (χ0n) is 23.9. The standard InChI is InChI=1S/C28H31N3O.2C2H2O4/c32-28(29-27-16-8-7-15-26(27)22-25-12-5-2-6-13-25)23-31-20-18-30(19-21-31)17-9-14-24-10-3-1-4-11-24;2*3-1(4)2(5)6/h1-16H,17-23H2,(H,29,32);2*(H,3,4)(H,5,6)/b14-9+;;. The second-order valence-electron chi connectivity index (χ2n) is 9.48. The van der Waals surface area contributed by atoms with Gasteiger partial charge >= 0.3 is 23.9 Å². The number of anilines is 1. The number of rotatable bonds is 8. The first kappa shape index (κ1) is 34.9. The van der Waals surface area contributed by atoms with Gasteiger partial charge in [0, 0.05) is 38.4 Å². The Balaban J connectivity index is 0.000000477. The van der Waals surface area contributed by atoms with E-state index in [2.05, 4.69) is 69.7 Å². The van der Waals surface area contributed by atoms with Crippen LogP contribution in [0, 0.1) is 0 Å². The highest BCUT2D eigenvalue weighted by molar-refractivity contribution is 6.27. The number of nitrogens with zero attached hydrogens (tertiary/aromatic N) is 2. The third-order valence-electron chi connectivity index (χ3n) is 6.20. The first-order valence-corrected chi connectivity index (χ1v) is 13.6. The Hall–Kier alpha value is -5.33. The van der Waals surface area contributed by atoms with Gasteiger partial charge in [-0.25, -0.2) is 19.2 Å². The lowest BCUT2D eigenvalue weighted by Crippen LogP contribution is -2.48. The molecule has 5 N–H and O–H groups in total. The van der Waals surface area contributed by atoms with Crippen LogP contribution in [0.3, 0.4) is 0 Å². The first-order chi connectivity index (χ1) is 21.0. The maximum absolute atomic E-state index is 12.7. The Kier molecular flexibility index (Phi) is 15.0. The summed E-state index contributed by atoms with van der Waals surface area (Å²) in [6.45, 7) is 5.18. The van der Waals surface area contributed by atoms with Gasteiger partial charge < -0.3 is 25.7 Å². The van der Waals surface area contributed by atoms with Crippen molar-refractivity contribution in [2.75, 3.05) is 44.6 Å². The quantitative estimate of drug-likeness (QED) is 0.238. The molecule has 1 aliphatic rings. The molecule has 12 nitrogen and oxygen atoms in total. The molecule has 1 saturated heterocycles. The predicted octanol–water partition coefficient (Wildman–Crippen LogP) is 2.86. The van der Waals surface area contributed by atoms with Crippen LogP contribution in [0.15, 0.2) is 91.0 Å². The Morgan fingerprint density at radius 3 is 1.66 bits per heavy atom. The molecule has 0 atom stereocenters. The number of hydrogen-bond donors (Lipinski definition) is 5. The Labute approximate surface area is 254 Å². The number of carboxylic acids is 4. The molecule has 4 rings (SSSR count). The van der Waals surface area contributed by atoms with Crippen molar-refractivity contribution in [2.24, 2.45) is 0 Å². The van der Waals surface area contributed by atoms with E-state index in [1.165, 1.54) is 11.1 Å². The molecule has 1 amide bonds. The molecule has 232 valence electrons. The van der Waals surface area contributed by atoms with Crippen molar-refractivity contribution < 1.29 is 44.4 Å². The number of piperazine rings is 1. The predicted molar refractivity (Wildman–Crippen MR) is 163 cm³/mol. The van der Waals surface area contributed by atoms with Crippen LogP contribution in [0.4, 0.5) is 5.69 Å². The molecule has 12 heteroatoms. The molecule has 44 heavy (non-hydrogen) atoms. The van der Waals surface area contributed by atoms with Gasteiger partial charge in [0.25, 0.3) is 0 Å².